The molecule has 10 atom stereocenters. The first kappa shape index (κ1) is 44.5. The fraction of sp³-hybridized carbons (Fsp3) is 0.872. The predicted octanol–water partition coefficient (Wildman–Crippen LogP) is 8.59. The van der Waals surface area contributed by atoms with Crippen LogP contribution in [0.1, 0.15) is 136 Å². The molecule has 1 aromatic rings. The number of ether oxygens (including phenoxy) is 3. The maximum atomic E-state index is 11.9. The highest BCUT2D eigenvalue weighted by atomic mass is 16.5. The Morgan fingerprint density at radius 1 is 0.673 bits per heavy atom. The number of aliphatic hydroxyl groups is 1. The molecule has 8 heteroatoms. The number of fused-ring (bicyclic) bond motifs is 5. The van der Waals surface area contributed by atoms with Crippen molar-refractivity contribution in [2.45, 2.75) is 150 Å². The zero-order valence-corrected chi connectivity index (χ0v) is 36.6. The van der Waals surface area contributed by atoms with Crippen LogP contribution >= 0.6 is 0 Å². The number of aliphatic hydroxyl groups excluding tert-OH is 1. The molecule has 4 aliphatic rings. The van der Waals surface area contributed by atoms with Crippen molar-refractivity contribution in [3.63, 3.8) is 0 Å². The third kappa shape index (κ3) is 11.1. The van der Waals surface area contributed by atoms with Gasteiger partial charge in [0.2, 0.25) is 0 Å². The van der Waals surface area contributed by atoms with E-state index in [1.807, 2.05) is 12.1 Å². The minimum Gasteiger partial charge on any atom is -0.496 e. The van der Waals surface area contributed by atoms with Crippen LogP contribution in [0.5, 0.6) is 17.2 Å². The second-order valence-corrected chi connectivity index (χ2v) is 19.4. The lowest BCUT2D eigenvalue weighted by Crippen LogP contribution is -2.59. The molecule has 0 aliphatic heterocycles. The lowest BCUT2D eigenvalue weighted by Gasteiger charge is -2.62. The molecule has 3 unspecified atom stereocenters. The second kappa shape index (κ2) is 21.4. The van der Waals surface area contributed by atoms with Gasteiger partial charge in [0.15, 0.2) is 11.5 Å². The summed E-state index contributed by atoms with van der Waals surface area (Å²) in [6.07, 6.45) is 19.2. The first-order valence-electron chi connectivity index (χ1n) is 22.9. The van der Waals surface area contributed by atoms with E-state index >= 15 is 0 Å². The van der Waals surface area contributed by atoms with Crippen LogP contribution in [0.4, 0.5) is 0 Å². The van der Waals surface area contributed by atoms with Crippen LogP contribution in [0.25, 0.3) is 0 Å². The summed E-state index contributed by atoms with van der Waals surface area (Å²) in [5.41, 5.74) is 1.92. The molecule has 1 aromatic carbocycles. The molecule has 0 amide bonds. The van der Waals surface area contributed by atoms with Gasteiger partial charge in [-0.15, -0.1) is 0 Å². The molecule has 0 radical (unpaired) electrons. The van der Waals surface area contributed by atoms with Crippen molar-refractivity contribution in [2.75, 3.05) is 60.6 Å². The minimum atomic E-state index is -0.0934. The molecule has 0 heterocycles. The summed E-state index contributed by atoms with van der Waals surface area (Å²) < 4.78 is 16.4. The number of unbranched alkanes of at least 4 members (excludes halogenated alkanes) is 1. The topological polar surface area (TPSA) is 96.0 Å². The van der Waals surface area contributed by atoms with Gasteiger partial charge >= 0.3 is 0 Å². The Morgan fingerprint density at radius 3 is 1.98 bits per heavy atom. The molecule has 0 spiro atoms. The van der Waals surface area contributed by atoms with Gasteiger partial charge in [0.1, 0.15) is 5.75 Å². The van der Waals surface area contributed by atoms with E-state index in [9.17, 15) is 5.11 Å². The summed E-state index contributed by atoms with van der Waals surface area (Å²) in [5.74, 6) is 7.37. The van der Waals surface area contributed by atoms with E-state index in [1.165, 1.54) is 83.5 Å². The summed E-state index contributed by atoms with van der Waals surface area (Å²) in [4.78, 5) is 0. The standard InChI is InChI=1S/C47H84N4O4/c1-33(2)14-11-15-34(3)38-16-17-39-45-40(19-21-47(38,39)5)46(4)20-18-37(29-36(46)30-41(45)52)51-27-13-25-49-23-10-9-22-48-24-12-26-50-32-35-28-43(54-7)44(55-8)31-42(35)53-6/h28,31,33-34,36-41,45,48-52H,9-27,29-30,32H2,1-8H3/t34-,36+,37+,38+,39?,40?,41-,45?,46-,47+/m0/s1. The Labute approximate surface area is 337 Å². The highest BCUT2D eigenvalue weighted by Gasteiger charge is 2.62. The molecule has 55 heavy (non-hydrogen) atoms. The smallest absolute Gasteiger partial charge is 0.164 e. The normalized spacial score (nSPS) is 32.1. The van der Waals surface area contributed by atoms with Gasteiger partial charge in [-0.2, -0.15) is 0 Å². The molecule has 316 valence electrons. The molecule has 8 nitrogen and oxygen atoms in total. The second-order valence-electron chi connectivity index (χ2n) is 19.4. The molecule has 5 N–H and O–H groups in total. The van der Waals surface area contributed by atoms with Crippen LogP contribution < -0.4 is 35.5 Å². The first-order valence-corrected chi connectivity index (χ1v) is 22.9. The fourth-order valence-electron chi connectivity index (χ4n) is 12.5. The summed E-state index contributed by atoms with van der Waals surface area (Å²) in [6.45, 7) is 19.7. The molecule has 4 aliphatic carbocycles. The van der Waals surface area contributed by atoms with Crippen LogP contribution in [0.2, 0.25) is 0 Å². The Hall–Kier alpha value is -1.58. The molecule has 4 fully saturated rings. The number of rotatable bonds is 24. The lowest BCUT2D eigenvalue weighted by molar-refractivity contribution is -0.167. The number of nitrogens with one attached hydrogen (secondary N) is 4. The van der Waals surface area contributed by atoms with Crippen LogP contribution in [-0.2, 0) is 6.54 Å². The molecule has 5 rings (SSSR count). The van der Waals surface area contributed by atoms with E-state index < -0.39 is 0 Å². The van der Waals surface area contributed by atoms with Gasteiger partial charge < -0.3 is 40.6 Å². The average molecular weight is 769 g/mol. The van der Waals surface area contributed by atoms with Gasteiger partial charge in [-0.3, -0.25) is 0 Å². The largest absolute Gasteiger partial charge is 0.496 e. The third-order valence-corrected chi connectivity index (χ3v) is 15.6. The average Bonchev–Trinajstić information content (AvgIpc) is 3.53. The number of methoxy groups -OCH3 is 3. The number of hydrogen-bond acceptors (Lipinski definition) is 8. The monoisotopic (exact) mass is 769 g/mol. The summed E-state index contributed by atoms with van der Waals surface area (Å²) >= 11 is 0. The summed E-state index contributed by atoms with van der Waals surface area (Å²) in [6, 6.07) is 4.49. The maximum absolute atomic E-state index is 11.9. The van der Waals surface area contributed by atoms with Crippen LogP contribution in [0.15, 0.2) is 12.1 Å². The van der Waals surface area contributed by atoms with Crippen LogP contribution in [-0.4, -0.2) is 77.9 Å². The van der Waals surface area contributed by atoms with Gasteiger partial charge in [-0.25, -0.2) is 0 Å². The number of benzene rings is 1. The van der Waals surface area contributed by atoms with Gasteiger partial charge in [0.05, 0.1) is 27.4 Å². The highest BCUT2D eigenvalue weighted by molar-refractivity contribution is 5.50. The lowest BCUT2D eigenvalue weighted by atomic mass is 9.43. The van der Waals surface area contributed by atoms with Crippen molar-refractivity contribution >= 4 is 0 Å². The fourth-order valence-corrected chi connectivity index (χ4v) is 12.5. The van der Waals surface area contributed by atoms with Gasteiger partial charge in [0, 0.05) is 24.2 Å². The van der Waals surface area contributed by atoms with Gasteiger partial charge in [-0.05, 0) is 175 Å². The summed E-state index contributed by atoms with van der Waals surface area (Å²) in [5, 5.41) is 26.6. The van der Waals surface area contributed by atoms with Crippen molar-refractivity contribution in [3.05, 3.63) is 17.7 Å². The van der Waals surface area contributed by atoms with Crippen LogP contribution in [0.3, 0.4) is 0 Å². The van der Waals surface area contributed by atoms with E-state index in [2.05, 4.69) is 55.9 Å². The molecule has 0 bridgehead atoms. The highest BCUT2D eigenvalue weighted by Crippen LogP contribution is 2.68. The van der Waals surface area contributed by atoms with E-state index in [4.69, 9.17) is 14.2 Å². The van der Waals surface area contributed by atoms with Crippen molar-refractivity contribution in [3.8, 4) is 17.2 Å². The molecular formula is C47H84N4O4. The van der Waals surface area contributed by atoms with Crippen molar-refractivity contribution < 1.29 is 19.3 Å². The van der Waals surface area contributed by atoms with E-state index in [1.54, 1.807) is 21.3 Å². The quantitative estimate of drug-likeness (QED) is 0.0668. The number of hydrogen-bond donors (Lipinski definition) is 5. The van der Waals surface area contributed by atoms with E-state index in [0.29, 0.717) is 34.5 Å². The Bertz CT molecular complexity index is 1280. The van der Waals surface area contributed by atoms with Crippen LogP contribution in [0, 0.1) is 52.3 Å². The summed E-state index contributed by atoms with van der Waals surface area (Å²) in [7, 11) is 4.99. The zero-order valence-electron chi connectivity index (χ0n) is 36.6. The SMILES string of the molecule is COc1cc(OC)c(OC)cc1CNCCCNCCCCNCCCN[C@@H]1CC[C@]2(C)C3CC[C@@]4(C)C(CC[C@@H]4[C@@H](C)CCCC(C)C)C3[C@@H](O)C[C@H]2C1. The Kier molecular flexibility index (Phi) is 17.3. The maximum Gasteiger partial charge on any atom is 0.164 e. The zero-order chi connectivity index (χ0) is 39.4. The Balaban J connectivity index is 0.899. The first-order chi connectivity index (χ1) is 26.5. The molecular weight excluding hydrogens is 685 g/mol. The van der Waals surface area contributed by atoms with Crippen molar-refractivity contribution in [1.29, 1.82) is 0 Å². The third-order valence-electron chi connectivity index (χ3n) is 15.6. The molecule has 0 saturated heterocycles. The van der Waals surface area contributed by atoms with Gasteiger partial charge in [-0.1, -0.05) is 53.9 Å². The van der Waals surface area contributed by atoms with Crippen molar-refractivity contribution in [1.82, 2.24) is 21.3 Å². The van der Waals surface area contributed by atoms with Crippen molar-refractivity contribution in [2.24, 2.45) is 52.3 Å². The minimum absolute atomic E-state index is 0.0934. The van der Waals surface area contributed by atoms with E-state index in [-0.39, 0.29) is 6.10 Å². The van der Waals surface area contributed by atoms with Gasteiger partial charge in [0.25, 0.3) is 0 Å². The Morgan fingerprint density at radius 2 is 1.29 bits per heavy atom. The molecule has 0 aromatic heterocycles. The predicted molar refractivity (Wildman–Crippen MR) is 228 cm³/mol. The molecule has 4 saturated carbocycles. The van der Waals surface area contributed by atoms with E-state index in [0.717, 1.165) is 105 Å².